The topological polar surface area (TPSA) is 77.5 Å². The third kappa shape index (κ3) is 5.48. The number of halogens is 1. The highest BCUT2D eigenvalue weighted by Gasteiger charge is 2.10. The fourth-order valence-corrected chi connectivity index (χ4v) is 2.35. The number of methoxy groups -OCH3 is 1. The van der Waals surface area contributed by atoms with Gasteiger partial charge in [-0.25, -0.2) is 4.99 Å². The molecule has 1 aromatic carbocycles. The van der Waals surface area contributed by atoms with E-state index in [-0.39, 0.29) is 24.0 Å². The van der Waals surface area contributed by atoms with Crippen molar-refractivity contribution in [2.24, 2.45) is 10.7 Å². The molecule has 2 rings (SSSR count). The van der Waals surface area contributed by atoms with Gasteiger partial charge in [-0.15, -0.1) is 24.0 Å². The van der Waals surface area contributed by atoms with E-state index in [2.05, 4.69) is 15.4 Å². The highest BCUT2D eigenvalue weighted by atomic mass is 127. The maximum absolute atomic E-state index is 5.97. The third-order valence-corrected chi connectivity index (χ3v) is 3.77. The second kappa shape index (κ2) is 9.63. The Bertz CT molecular complexity index is 679. The number of nitrogens with zero attached hydrogens (tertiary/aromatic N) is 3. The SMILES string of the molecule is COCCn1nc(C)c(CN=C(N)Nc2ccc(C)cc2)c1C.I. The van der Waals surface area contributed by atoms with Crippen molar-refractivity contribution in [3.05, 3.63) is 46.8 Å². The van der Waals surface area contributed by atoms with Crippen molar-refractivity contribution in [1.82, 2.24) is 9.78 Å². The molecule has 0 spiro atoms. The van der Waals surface area contributed by atoms with Crippen molar-refractivity contribution in [2.75, 3.05) is 19.0 Å². The molecule has 0 unspecified atom stereocenters. The molecule has 0 aliphatic heterocycles. The van der Waals surface area contributed by atoms with Gasteiger partial charge in [0.15, 0.2) is 5.96 Å². The van der Waals surface area contributed by atoms with Crippen molar-refractivity contribution in [1.29, 1.82) is 0 Å². The maximum atomic E-state index is 5.97. The Hall–Kier alpha value is -1.61. The van der Waals surface area contributed by atoms with Gasteiger partial charge in [0.1, 0.15) is 0 Å². The zero-order valence-corrected chi connectivity index (χ0v) is 17.0. The van der Waals surface area contributed by atoms with Crippen molar-refractivity contribution < 1.29 is 4.74 Å². The van der Waals surface area contributed by atoms with Gasteiger partial charge in [-0.3, -0.25) is 4.68 Å². The van der Waals surface area contributed by atoms with Gasteiger partial charge in [0.25, 0.3) is 0 Å². The van der Waals surface area contributed by atoms with Gasteiger partial charge in [-0.1, -0.05) is 17.7 Å². The minimum absolute atomic E-state index is 0. The lowest BCUT2D eigenvalue weighted by molar-refractivity contribution is 0.182. The fourth-order valence-electron chi connectivity index (χ4n) is 2.35. The number of hydrogen-bond acceptors (Lipinski definition) is 3. The summed E-state index contributed by atoms with van der Waals surface area (Å²) in [5.41, 5.74) is 11.3. The van der Waals surface area contributed by atoms with Gasteiger partial charge >= 0.3 is 0 Å². The monoisotopic (exact) mass is 443 g/mol. The van der Waals surface area contributed by atoms with E-state index in [4.69, 9.17) is 10.5 Å². The number of rotatable bonds is 6. The molecule has 0 fully saturated rings. The molecule has 2 aromatic rings. The second-order valence-electron chi connectivity index (χ2n) is 5.56. The third-order valence-electron chi connectivity index (χ3n) is 3.77. The summed E-state index contributed by atoms with van der Waals surface area (Å²) in [6.07, 6.45) is 0. The fraction of sp³-hybridized carbons (Fsp3) is 0.412. The minimum Gasteiger partial charge on any atom is -0.383 e. The van der Waals surface area contributed by atoms with Gasteiger partial charge in [0.05, 0.1) is 25.4 Å². The van der Waals surface area contributed by atoms with Gasteiger partial charge in [-0.05, 0) is 32.9 Å². The van der Waals surface area contributed by atoms with Crippen LogP contribution in [-0.4, -0.2) is 29.5 Å². The lowest BCUT2D eigenvalue weighted by Crippen LogP contribution is -2.22. The predicted octanol–water partition coefficient (Wildman–Crippen LogP) is 3.00. The Morgan fingerprint density at radius 3 is 2.54 bits per heavy atom. The molecule has 0 saturated heterocycles. The summed E-state index contributed by atoms with van der Waals surface area (Å²) >= 11 is 0. The predicted molar refractivity (Wildman–Crippen MR) is 109 cm³/mol. The molecular weight excluding hydrogens is 417 g/mol. The van der Waals surface area contributed by atoms with E-state index >= 15 is 0 Å². The van der Waals surface area contributed by atoms with Gasteiger partial charge in [-0.2, -0.15) is 5.10 Å². The van der Waals surface area contributed by atoms with Gasteiger partial charge in [0.2, 0.25) is 0 Å². The highest BCUT2D eigenvalue weighted by molar-refractivity contribution is 14.0. The van der Waals surface area contributed by atoms with Crippen LogP contribution in [0.2, 0.25) is 0 Å². The molecular formula is C17H26IN5O. The quantitative estimate of drug-likeness (QED) is 0.409. The standard InChI is InChI=1S/C17H25N5O.HI/c1-12-5-7-15(8-6-12)20-17(18)19-11-16-13(2)21-22(14(16)3)9-10-23-4;/h5-8H,9-11H2,1-4H3,(H3,18,19,20);1H. The average molecular weight is 443 g/mol. The van der Waals surface area contributed by atoms with Gasteiger partial charge in [0, 0.05) is 24.1 Å². The van der Waals surface area contributed by atoms with E-state index in [1.165, 1.54) is 5.56 Å². The smallest absolute Gasteiger partial charge is 0.193 e. The molecule has 0 radical (unpaired) electrons. The largest absolute Gasteiger partial charge is 0.383 e. The number of nitrogens with one attached hydrogen (secondary N) is 1. The van der Waals surface area contributed by atoms with Crippen LogP contribution in [0.4, 0.5) is 5.69 Å². The first-order valence-corrected chi connectivity index (χ1v) is 7.66. The summed E-state index contributed by atoms with van der Waals surface area (Å²) in [5, 5.41) is 7.63. The molecule has 0 bridgehead atoms. The molecule has 3 N–H and O–H groups in total. The molecule has 1 aromatic heterocycles. The number of benzene rings is 1. The summed E-state index contributed by atoms with van der Waals surface area (Å²) in [6, 6.07) is 8.03. The van der Waals surface area contributed by atoms with Crippen LogP contribution in [-0.2, 0) is 17.8 Å². The molecule has 6 nitrogen and oxygen atoms in total. The summed E-state index contributed by atoms with van der Waals surface area (Å²) in [6.45, 7) is 7.98. The van der Waals surface area contributed by atoms with Crippen molar-refractivity contribution in [3.63, 3.8) is 0 Å². The van der Waals surface area contributed by atoms with E-state index < -0.39 is 0 Å². The van der Waals surface area contributed by atoms with Crippen LogP contribution in [0.3, 0.4) is 0 Å². The number of aromatic nitrogens is 2. The van der Waals surface area contributed by atoms with Crippen molar-refractivity contribution in [2.45, 2.75) is 33.9 Å². The molecule has 1 heterocycles. The first-order valence-electron chi connectivity index (χ1n) is 7.66. The number of anilines is 1. The van der Waals surface area contributed by atoms with Crippen LogP contribution in [0, 0.1) is 20.8 Å². The number of ether oxygens (including phenoxy) is 1. The summed E-state index contributed by atoms with van der Waals surface area (Å²) in [7, 11) is 1.69. The number of aliphatic imine (C=N–C) groups is 1. The van der Waals surface area contributed by atoms with Crippen LogP contribution in [0.5, 0.6) is 0 Å². The molecule has 0 atom stereocenters. The zero-order valence-electron chi connectivity index (χ0n) is 14.7. The average Bonchev–Trinajstić information content (AvgIpc) is 2.79. The summed E-state index contributed by atoms with van der Waals surface area (Å²) in [5.74, 6) is 0.400. The van der Waals surface area contributed by atoms with E-state index in [0.717, 1.165) is 29.2 Å². The molecule has 132 valence electrons. The highest BCUT2D eigenvalue weighted by Crippen LogP contribution is 2.14. The lowest BCUT2D eigenvalue weighted by atomic mass is 10.2. The Kier molecular flexibility index (Phi) is 8.20. The van der Waals surface area contributed by atoms with E-state index in [1.807, 2.05) is 49.7 Å². The molecule has 0 saturated carbocycles. The zero-order chi connectivity index (χ0) is 16.8. The second-order valence-corrected chi connectivity index (χ2v) is 5.56. The number of guanidine groups is 1. The van der Waals surface area contributed by atoms with E-state index in [0.29, 0.717) is 19.1 Å². The normalized spacial score (nSPS) is 11.2. The first kappa shape index (κ1) is 20.4. The van der Waals surface area contributed by atoms with E-state index in [9.17, 15) is 0 Å². The molecule has 0 aliphatic carbocycles. The van der Waals surface area contributed by atoms with Crippen LogP contribution in [0.15, 0.2) is 29.3 Å². The molecule has 7 heteroatoms. The Morgan fingerprint density at radius 1 is 1.25 bits per heavy atom. The number of aryl methyl sites for hydroxylation is 2. The Labute approximate surface area is 160 Å². The summed E-state index contributed by atoms with van der Waals surface area (Å²) < 4.78 is 7.06. The van der Waals surface area contributed by atoms with Crippen LogP contribution in [0.25, 0.3) is 0 Å². The lowest BCUT2D eigenvalue weighted by Gasteiger charge is -2.06. The van der Waals surface area contributed by atoms with Crippen LogP contribution in [0.1, 0.15) is 22.5 Å². The molecule has 0 aliphatic rings. The molecule has 24 heavy (non-hydrogen) atoms. The number of hydrogen-bond donors (Lipinski definition) is 2. The summed E-state index contributed by atoms with van der Waals surface area (Å²) in [4.78, 5) is 4.43. The van der Waals surface area contributed by atoms with Crippen molar-refractivity contribution in [3.8, 4) is 0 Å². The Balaban J connectivity index is 0.00000288. The Morgan fingerprint density at radius 2 is 1.92 bits per heavy atom. The van der Waals surface area contributed by atoms with Crippen molar-refractivity contribution >= 4 is 35.6 Å². The van der Waals surface area contributed by atoms with E-state index in [1.54, 1.807) is 7.11 Å². The first-order chi connectivity index (χ1) is 11.0. The van der Waals surface area contributed by atoms with Crippen LogP contribution < -0.4 is 11.1 Å². The minimum atomic E-state index is 0. The number of nitrogens with two attached hydrogens (primary N) is 1. The van der Waals surface area contributed by atoms with Crippen LogP contribution >= 0.6 is 24.0 Å². The van der Waals surface area contributed by atoms with Gasteiger partial charge < -0.3 is 15.8 Å². The maximum Gasteiger partial charge on any atom is 0.193 e. The molecule has 0 amide bonds.